The Kier molecular flexibility index (Phi) is 5.21. The molecule has 0 aliphatic heterocycles. The number of imidazole rings is 1. The lowest BCUT2D eigenvalue weighted by molar-refractivity contribution is -0.118. The predicted octanol–water partition coefficient (Wildman–Crippen LogP) is 2.73. The zero-order chi connectivity index (χ0) is 13.7. The number of hydrogen-bond donors (Lipinski definition) is 2. The van der Waals surface area contributed by atoms with E-state index in [2.05, 4.69) is 43.1 Å². The van der Waals surface area contributed by atoms with Crippen LogP contribution in [-0.4, -0.2) is 33.2 Å². The molecule has 19 heavy (non-hydrogen) atoms. The molecule has 0 saturated carbocycles. The number of hydrogen-bond acceptors (Lipinski definition) is 4. The van der Waals surface area contributed by atoms with Crippen LogP contribution in [0.1, 0.15) is 19.8 Å². The van der Waals surface area contributed by atoms with Gasteiger partial charge in [0.05, 0.1) is 11.3 Å². The lowest BCUT2D eigenvalue weighted by Gasteiger charge is -2.02. The van der Waals surface area contributed by atoms with Crippen molar-refractivity contribution < 1.29 is 4.79 Å². The molecular formula is C12H15BrN4OS. The number of aromatic nitrogens is 3. The molecule has 0 atom stereocenters. The van der Waals surface area contributed by atoms with Crippen molar-refractivity contribution in [3.05, 3.63) is 16.7 Å². The van der Waals surface area contributed by atoms with Gasteiger partial charge in [-0.25, -0.2) is 9.97 Å². The van der Waals surface area contributed by atoms with Crippen LogP contribution in [0, 0.1) is 0 Å². The van der Waals surface area contributed by atoms with Gasteiger partial charge >= 0.3 is 0 Å². The van der Waals surface area contributed by atoms with E-state index < -0.39 is 0 Å². The summed E-state index contributed by atoms with van der Waals surface area (Å²) >= 11 is 4.74. The van der Waals surface area contributed by atoms with Gasteiger partial charge in [-0.05, 0) is 28.4 Å². The molecule has 2 N–H and O–H groups in total. The largest absolute Gasteiger partial charge is 0.355 e. The van der Waals surface area contributed by atoms with Crippen LogP contribution in [0.5, 0.6) is 0 Å². The number of unbranched alkanes of at least 4 members (excludes halogenated alkanes) is 1. The third-order valence-electron chi connectivity index (χ3n) is 2.47. The van der Waals surface area contributed by atoms with Crippen LogP contribution in [0.25, 0.3) is 11.2 Å². The third-order valence-corrected chi connectivity index (χ3v) is 3.78. The summed E-state index contributed by atoms with van der Waals surface area (Å²) in [7, 11) is 0. The van der Waals surface area contributed by atoms with E-state index >= 15 is 0 Å². The summed E-state index contributed by atoms with van der Waals surface area (Å²) in [5.41, 5.74) is 1.53. The highest BCUT2D eigenvalue weighted by Gasteiger charge is 2.07. The molecular weight excluding hydrogens is 328 g/mol. The maximum absolute atomic E-state index is 11.6. The van der Waals surface area contributed by atoms with Crippen LogP contribution in [0.15, 0.2) is 21.9 Å². The normalized spacial score (nSPS) is 10.8. The van der Waals surface area contributed by atoms with Crippen LogP contribution < -0.4 is 5.32 Å². The Balaban J connectivity index is 1.89. The minimum absolute atomic E-state index is 0.0352. The lowest BCUT2D eigenvalue weighted by Crippen LogP contribution is -2.26. The zero-order valence-corrected chi connectivity index (χ0v) is 13.0. The number of rotatable bonds is 6. The molecule has 5 nitrogen and oxygen atoms in total. The minimum Gasteiger partial charge on any atom is -0.355 e. The third kappa shape index (κ3) is 4.21. The number of amides is 1. The van der Waals surface area contributed by atoms with Crippen molar-refractivity contribution in [1.82, 2.24) is 20.3 Å². The summed E-state index contributed by atoms with van der Waals surface area (Å²) in [5.74, 6) is 0.401. The molecule has 0 aliphatic carbocycles. The second-order valence-electron chi connectivity index (χ2n) is 4.06. The van der Waals surface area contributed by atoms with E-state index in [1.807, 2.05) is 6.07 Å². The molecule has 0 spiro atoms. The second kappa shape index (κ2) is 6.91. The van der Waals surface area contributed by atoms with Crippen LogP contribution >= 0.6 is 27.7 Å². The second-order valence-corrected chi connectivity index (χ2v) is 5.94. The molecule has 2 rings (SSSR count). The van der Waals surface area contributed by atoms with E-state index in [1.54, 1.807) is 6.20 Å². The van der Waals surface area contributed by atoms with Crippen molar-refractivity contribution in [2.24, 2.45) is 0 Å². The summed E-state index contributed by atoms with van der Waals surface area (Å²) in [6.45, 7) is 2.84. The number of nitrogens with zero attached hydrogens (tertiary/aromatic N) is 2. The van der Waals surface area contributed by atoms with Gasteiger partial charge in [0.15, 0.2) is 10.8 Å². The van der Waals surface area contributed by atoms with Crippen molar-refractivity contribution in [1.29, 1.82) is 0 Å². The zero-order valence-electron chi connectivity index (χ0n) is 10.6. The standard InChI is InChI=1S/C12H15BrN4OS/c1-2-3-4-14-10(18)7-19-12-16-9-5-8(13)6-15-11(9)17-12/h5-6H,2-4,7H2,1H3,(H,14,18)(H,15,16,17). The summed E-state index contributed by atoms with van der Waals surface area (Å²) in [6, 6.07) is 1.92. The SMILES string of the molecule is CCCCNC(=O)CSc1nc2ncc(Br)cc2[nH]1. The molecule has 0 aliphatic rings. The first kappa shape index (κ1) is 14.3. The summed E-state index contributed by atoms with van der Waals surface area (Å²) in [4.78, 5) is 23.2. The Morgan fingerprint density at radius 3 is 3.21 bits per heavy atom. The van der Waals surface area contributed by atoms with Crippen molar-refractivity contribution in [3.63, 3.8) is 0 Å². The lowest BCUT2D eigenvalue weighted by atomic mass is 10.3. The first-order chi connectivity index (χ1) is 9.19. The van der Waals surface area contributed by atoms with Crippen molar-refractivity contribution in [2.75, 3.05) is 12.3 Å². The summed E-state index contributed by atoms with van der Waals surface area (Å²) in [5, 5.41) is 3.59. The number of fused-ring (bicyclic) bond motifs is 1. The number of H-pyrrole nitrogens is 1. The predicted molar refractivity (Wildman–Crippen MR) is 80.2 cm³/mol. The first-order valence-corrected chi connectivity index (χ1v) is 7.87. The first-order valence-electron chi connectivity index (χ1n) is 6.10. The monoisotopic (exact) mass is 342 g/mol. The van der Waals surface area contributed by atoms with E-state index in [0.717, 1.165) is 29.4 Å². The number of pyridine rings is 1. The molecule has 0 aromatic carbocycles. The average Bonchev–Trinajstić information content (AvgIpc) is 2.78. The van der Waals surface area contributed by atoms with Gasteiger partial charge < -0.3 is 10.3 Å². The molecule has 2 aromatic rings. The van der Waals surface area contributed by atoms with E-state index in [-0.39, 0.29) is 5.91 Å². The smallest absolute Gasteiger partial charge is 0.230 e. The van der Waals surface area contributed by atoms with Crippen LogP contribution in [0.2, 0.25) is 0 Å². The fourth-order valence-corrected chi connectivity index (χ4v) is 2.54. The van der Waals surface area contributed by atoms with Gasteiger partial charge in [-0.15, -0.1) is 0 Å². The molecule has 0 radical (unpaired) electrons. The fourth-order valence-electron chi connectivity index (χ4n) is 1.51. The molecule has 0 fully saturated rings. The van der Waals surface area contributed by atoms with E-state index in [9.17, 15) is 4.79 Å². The maximum Gasteiger partial charge on any atom is 0.230 e. The molecule has 2 aromatic heterocycles. The molecule has 102 valence electrons. The average molecular weight is 343 g/mol. The van der Waals surface area contributed by atoms with Crippen molar-refractivity contribution >= 4 is 44.8 Å². The Morgan fingerprint density at radius 2 is 2.42 bits per heavy atom. The number of aromatic amines is 1. The van der Waals surface area contributed by atoms with Crippen molar-refractivity contribution in [3.8, 4) is 0 Å². The van der Waals surface area contributed by atoms with Gasteiger partial charge in [0, 0.05) is 17.2 Å². The van der Waals surface area contributed by atoms with Gasteiger partial charge in [-0.3, -0.25) is 4.79 Å². The number of nitrogens with one attached hydrogen (secondary N) is 2. The number of carbonyl (C=O) groups excluding carboxylic acids is 1. The highest BCUT2D eigenvalue weighted by molar-refractivity contribution is 9.10. The van der Waals surface area contributed by atoms with Gasteiger partial charge in [0.1, 0.15) is 0 Å². The molecule has 0 unspecified atom stereocenters. The maximum atomic E-state index is 11.6. The van der Waals surface area contributed by atoms with E-state index in [4.69, 9.17) is 0 Å². The van der Waals surface area contributed by atoms with Gasteiger partial charge in [-0.1, -0.05) is 25.1 Å². The van der Waals surface area contributed by atoms with Gasteiger partial charge in [0.2, 0.25) is 5.91 Å². The van der Waals surface area contributed by atoms with E-state index in [0.29, 0.717) is 16.6 Å². The molecule has 2 heterocycles. The Hall–Kier alpha value is -1.08. The topological polar surface area (TPSA) is 70.7 Å². The van der Waals surface area contributed by atoms with Crippen LogP contribution in [-0.2, 0) is 4.79 Å². The van der Waals surface area contributed by atoms with Crippen LogP contribution in [0.4, 0.5) is 0 Å². The highest BCUT2D eigenvalue weighted by Crippen LogP contribution is 2.20. The Morgan fingerprint density at radius 1 is 1.58 bits per heavy atom. The number of thioether (sulfide) groups is 1. The summed E-state index contributed by atoms with van der Waals surface area (Å²) in [6.07, 6.45) is 3.80. The van der Waals surface area contributed by atoms with Gasteiger partial charge in [-0.2, -0.15) is 0 Å². The fraction of sp³-hybridized carbons (Fsp3) is 0.417. The van der Waals surface area contributed by atoms with E-state index in [1.165, 1.54) is 11.8 Å². The van der Waals surface area contributed by atoms with Crippen molar-refractivity contribution in [2.45, 2.75) is 24.9 Å². The quantitative estimate of drug-likeness (QED) is 0.625. The number of carbonyl (C=O) groups is 1. The van der Waals surface area contributed by atoms with Gasteiger partial charge in [0.25, 0.3) is 0 Å². The highest BCUT2D eigenvalue weighted by atomic mass is 79.9. The minimum atomic E-state index is 0.0352. The molecule has 7 heteroatoms. The molecule has 1 amide bonds. The summed E-state index contributed by atoms with van der Waals surface area (Å²) < 4.78 is 0.900. The molecule has 0 bridgehead atoms. The Labute approximate surface area is 124 Å². The molecule has 0 saturated heterocycles. The number of halogens is 1. The van der Waals surface area contributed by atoms with Crippen LogP contribution in [0.3, 0.4) is 0 Å². The Bertz CT molecular complexity index is 572.